The Labute approximate surface area is 70.3 Å². The molecule has 1 N–H and O–H groups in total. The molecule has 0 spiro atoms. The summed E-state index contributed by atoms with van der Waals surface area (Å²) in [5, 5.41) is 15.7. The zero-order valence-electron chi connectivity index (χ0n) is 6.98. The lowest BCUT2D eigenvalue weighted by molar-refractivity contribution is 0.0689. The summed E-state index contributed by atoms with van der Waals surface area (Å²) in [6.45, 7) is 3.95. The number of aromatic carboxylic acids is 1. The van der Waals surface area contributed by atoms with E-state index in [9.17, 15) is 4.79 Å². The summed E-state index contributed by atoms with van der Waals surface area (Å²) in [6.07, 6.45) is 1.58. The maximum absolute atomic E-state index is 10.5. The fourth-order valence-electron chi connectivity index (χ4n) is 0.802. The number of aromatic nitrogens is 2. The summed E-state index contributed by atoms with van der Waals surface area (Å²) in [7, 11) is 0. The number of hydrogen-bond donors (Lipinski definition) is 1. The van der Waals surface area contributed by atoms with E-state index in [-0.39, 0.29) is 11.6 Å². The second-order valence-electron chi connectivity index (χ2n) is 2.83. The van der Waals surface area contributed by atoms with Gasteiger partial charge in [0.05, 0.1) is 6.20 Å². The SMILES string of the molecule is CC(C)c1cnnc(C(=O)O)c1. The monoisotopic (exact) mass is 166 g/mol. The third-order valence-electron chi connectivity index (χ3n) is 1.56. The molecule has 0 fully saturated rings. The van der Waals surface area contributed by atoms with Gasteiger partial charge in [-0.15, -0.1) is 5.10 Å². The molecule has 1 rings (SSSR count). The fraction of sp³-hybridized carbons (Fsp3) is 0.375. The van der Waals surface area contributed by atoms with E-state index in [1.807, 2.05) is 13.8 Å². The lowest BCUT2D eigenvalue weighted by Gasteiger charge is -2.03. The standard InChI is InChI=1S/C8H10N2O2/c1-5(2)6-3-7(8(11)12)10-9-4-6/h3-5H,1-2H3,(H,11,12). The molecule has 0 atom stereocenters. The fourth-order valence-corrected chi connectivity index (χ4v) is 0.802. The van der Waals surface area contributed by atoms with Gasteiger partial charge in [0.1, 0.15) is 0 Å². The van der Waals surface area contributed by atoms with Crippen molar-refractivity contribution in [2.24, 2.45) is 0 Å². The lowest BCUT2D eigenvalue weighted by atomic mass is 10.1. The number of carboxylic acids is 1. The van der Waals surface area contributed by atoms with E-state index < -0.39 is 5.97 Å². The van der Waals surface area contributed by atoms with E-state index in [2.05, 4.69) is 10.2 Å². The molecule has 1 heterocycles. The minimum atomic E-state index is -1.04. The predicted octanol–water partition coefficient (Wildman–Crippen LogP) is 1.30. The van der Waals surface area contributed by atoms with E-state index in [4.69, 9.17) is 5.11 Å². The van der Waals surface area contributed by atoms with Crippen molar-refractivity contribution < 1.29 is 9.90 Å². The van der Waals surface area contributed by atoms with E-state index in [0.29, 0.717) is 0 Å². The zero-order valence-corrected chi connectivity index (χ0v) is 6.98. The van der Waals surface area contributed by atoms with Crippen LogP contribution in [0.2, 0.25) is 0 Å². The van der Waals surface area contributed by atoms with Gasteiger partial charge >= 0.3 is 5.97 Å². The van der Waals surface area contributed by atoms with E-state index in [1.54, 1.807) is 12.3 Å². The van der Waals surface area contributed by atoms with Crippen LogP contribution in [0.3, 0.4) is 0 Å². The van der Waals surface area contributed by atoms with Gasteiger partial charge in [0.25, 0.3) is 0 Å². The summed E-state index contributed by atoms with van der Waals surface area (Å²) in [4.78, 5) is 10.5. The zero-order chi connectivity index (χ0) is 9.14. The number of rotatable bonds is 2. The van der Waals surface area contributed by atoms with Gasteiger partial charge in [-0.2, -0.15) is 5.10 Å². The predicted molar refractivity (Wildman–Crippen MR) is 43.1 cm³/mol. The van der Waals surface area contributed by atoms with E-state index in [0.717, 1.165) is 5.56 Å². The molecule has 0 amide bonds. The van der Waals surface area contributed by atoms with Crippen molar-refractivity contribution in [1.82, 2.24) is 10.2 Å². The summed E-state index contributed by atoms with van der Waals surface area (Å²) >= 11 is 0. The Morgan fingerprint density at radius 2 is 2.25 bits per heavy atom. The Morgan fingerprint density at radius 1 is 1.58 bits per heavy atom. The highest BCUT2D eigenvalue weighted by Gasteiger charge is 2.07. The maximum Gasteiger partial charge on any atom is 0.356 e. The van der Waals surface area contributed by atoms with Crippen molar-refractivity contribution >= 4 is 5.97 Å². The van der Waals surface area contributed by atoms with E-state index in [1.165, 1.54) is 0 Å². The van der Waals surface area contributed by atoms with Crippen LogP contribution in [0.15, 0.2) is 12.3 Å². The molecule has 64 valence electrons. The van der Waals surface area contributed by atoms with Crippen molar-refractivity contribution in [2.75, 3.05) is 0 Å². The first-order valence-corrected chi connectivity index (χ1v) is 3.67. The number of carbonyl (C=O) groups is 1. The Hall–Kier alpha value is -1.45. The molecule has 0 saturated carbocycles. The van der Waals surface area contributed by atoms with Crippen molar-refractivity contribution in [1.29, 1.82) is 0 Å². The first-order valence-electron chi connectivity index (χ1n) is 3.67. The number of carboxylic acid groups (broad SMARTS) is 1. The molecule has 1 aromatic rings. The largest absolute Gasteiger partial charge is 0.476 e. The van der Waals surface area contributed by atoms with Gasteiger partial charge in [0.15, 0.2) is 5.69 Å². The van der Waals surface area contributed by atoms with Crippen LogP contribution in [0.5, 0.6) is 0 Å². The Bertz CT molecular complexity index is 297. The molecule has 0 bridgehead atoms. The normalized spacial score (nSPS) is 10.2. The van der Waals surface area contributed by atoms with Gasteiger partial charge in [-0.1, -0.05) is 13.8 Å². The molecular formula is C8H10N2O2. The van der Waals surface area contributed by atoms with Crippen molar-refractivity contribution in [2.45, 2.75) is 19.8 Å². The average Bonchev–Trinajstić information content (AvgIpc) is 2.04. The molecule has 1 aromatic heterocycles. The summed E-state index contributed by atoms with van der Waals surface area (Å²) < 4.78 is 0. The van der Waals surface area contributed by atoms with E-state index >= 15 is 0 Å². The molecular weight excluding hydrogens is 156 g/mol. The highest BCUT2D eigenvalue weighted by Crippen LogP contribution is 2.12. The van der Waals surface area contributed by atoms with Crippen LogP contribution in [-0.4, -0.2) is 21.3 Å². The second kappa shape index (κ2) is 3.30. The second-order valence-corrected chi connectivity index (χ2v) is 2.83. The van der Waals surface area contributed by atoms with Crippen molar-refractivity contribution in [3.63, 3.8) is 0 Å². The highest BCUT2D eigenvalue weighted by molar-refractivity contribution is 5.85. The smallest absolute Gasteiger partial charge is 0.356 e. The number of nitrogens with zero attached hydrogens (tertiary/aromatic N) is 2. The third-order valence-corrected chi connectivity index (χ3v) is 1.56. The molecule has 0 aliphatic rings. The van der Waals surface area contributed by atoms with Crippen LogP contribution in [-0.2, 0) is 0 Å². The van der Waals surface area contributed by atoms with Crippen LogP contribution in [0.4, 0.5) is 0 Å². The molecule has 0 aromatic carbocycles. The van der Waals surface area contributed by atoms with Crippen molar-refractivity contribution in [3.8, 4) is 0 Å². The molecule has 0 unspecified atom stereocenters. The summed E-state index contributed by atoms with van der Waals surface area (Å²) in [6, 6.07) is 1.54. The molecule has 0 aliphatic heterocycles. The molecule has 12 heavy (non-hydrogen) atoms. The average molecular weight is 166 g/mol. The minimum Gasteiger partial charge on any atom is -0.476 e. The quantitative estimate of drug-likeness (QED) is 0.719. The van der Waals surface area contributed by atoms with Gasteiger partial charge in [-0.05, 0) is 17.5 Å². The van der Waals surface area contributed by atoms with Crippen LogP contribution in [0, 0.1) is 0 Å². The molecule has 0 aliphatic carbocycles. The van der Waals surface area contributed by atoms with Crippen LogP contribution >= 0.6 is 0 Å². The van der Waals surface area contributed by atoms with Crippen molar-refractivity contribution in [3.05, 3.63) is 23.5 Å². The molecule has 4 heteroatoms. The van der Waals surface area contributed by atoms with Gasteiger partial charge < -0.3 is 5.11 Å². The number of hydrogen-bond acceptors (Lipinski definition) is 3. The molecule has 0 saturated heterocycles. The first kappa shape index (κ1) is 8.64. The van der Waals surface area contributed by atoms with Crippen LogP contribution < -0.4 is 0 Å². The summed E-state index contributed by atoms with van der Waals surface area (Å²) in [5.74, 6) is -0.761. The Kier molecular flexibility index (Phi) is 2.38. The minimum absolute atomic E-state index is 0.00111. The van der Waals surface area contributed by atoms with Crippen LogP contribution in [0.1, 0.15) is 35.8 Å². The highest BCUT2D eigenvalue weighted by atomic mass is 16.4. The van der Waals surface area contributed by atoms with Crippen LogP contribution in [0.25, 0.3) is 0 Å². The topological polar surface area (TPSA) is 63.1 Å². The lowest BCUT2D eigenvalue weighted by Crippen LogP contribution is -2.03. The Morgan fingerprint density at radius 3 is 2.75 bits per heavy atom. The first-order chi connectivity index (χ1) is 5.61. The maximum atomic E-state index is 10.5. The third kappa shape index (κ3) is 1.78. The van der Waals surface area contributed by atoms with Gasteiger partial charge in [0.2, 0.25) is 0 Å². The molecule has 4 nitrogen and oxygen atoms in total. The summed E-state index contributed by atoms with van der Waals surface area (Å²) in [5.41, 5.74) is 0.892. The van der Waals surface area contributed by atoms with Gasteiger partial charge in [-0.25, -0.2) is 4.79 Å². The Balaban J connectivity index is 3.04. The molecule has 0 radical (unpaired) electrons. The van der Waals surface area contributed by atoms with Gasteiger partial charge in [0, 0.05) is 0 Å². The van der Waals surface area contributed by atoms with Gasteiger partial charge in [-0.3, -0.25) is 0 Å².